The number of aromatic nitrogens is 4. The summed E-state index contributed by atoms with van der Waals surface area (Å²) in [6, 6.07) is 0. The summed E-state index contributed by atoms with van der Waals surface area (Å²) >= 11 is 0. The molecule has 1 amide bonds. The van der Waals surface area contributed by atoms with Crippen molar-refractivity contribution in [2.24, 2.45) is 0 Å². The van der Waals surface area contributed by atoms with Crippen molar-refractivity contribution in [2.75, 3.05) is 11.9 Å². The number of amides is 1. The second kappa shape index (κ2) is 9.82. The number of hydrogen-bond donors (Lipinski definition) is 2. The fourth-order valence-corrected chi connectivity index (χ4v) is 4.81. The van der Waals surface area contributed by atoms with Crippen LogP contribution in [0.4, 0.5) is 5.82 Å². The third-order valence-electron chi connectivity index (χ3n) is 5.30. The minimum Gasteiger partial charge on any atom is -0.459 e. The molecule has 0 spiro atoms. The van der Waals surface area contributed by atoms with Gasteiger partial charge in [-0.1, -0.05) is 13.8 Å². The van der Waals surface area contributed by atoms with E-state index in [0.29, 0.717) is 30.4 Å². The van der Waals surface area contributed by atoms with Crippen molar-refractivity contribution in [3.63, 3.8) is 0 Å². The summed E-state index contributed by atoms with van der Waals surface area (Å²) in [7, 11) is -4.27. The Kier molecular flexibility index (Phi) is 7.05. The van der Waals surface area contributed by atoms with Crippen LogP contribution in [0.5, 0.6) is 0 Å². The van der Waals surface area contributed by atoms with Crippen molar-refractivity contribution in [2.45, 2.75) is 70.5 Å². The van der Waals surface area contributed by atoms with E-state index < -0.39 is 38.3 Å². The quantitative estimate of drug-likeness (QED) is 0.437. The molecule has 4 rings (SSSR count). The van der Waals surface area contributed by atoms with E-state index in [9.17, 15) is 19.0 Å². The molecule has 0 radical (unpaired) electrons. The molecule has 2 aliphatic rings. The molecule has 2 fully saturated rings. The lowest BCUT2D eigenvalue weighted by atomic mass is 10.0. The maximum absolute atomic E-state index is 12.2. The highest BCUT2D eigenvalue weighted by Gasteiger charge is 2.50. The molecule has 2 saturated heterocycles. The molecular formula is C19H26N5O8P. The highest BCUT2D eigenvalue weighted by molar-refractivity contribution is 7.47. The van der Waals surface area contributed by atoms with Crippen LogP contribution in [0.15, 0.2) is 12.7 Å². The van der Waals surface area contributed by atoms with Crippen LogP contribution in [0, 0.1) is 0 Å². The van der Waals surface area contributed by atoms with Crippen LogP contribution >= 0.6 is 7.82 Å². The van der Waals surface area contributed by atoms with Crippen LogP contribution in [0.1, 0.15) is 52.2 Å². The highest BCUT2D eigenvalue weighted by atomic mass is 31.2. The fraction of sp³-hybridized carbons (Fsp3) is 0.632. The zero-order valence-corrected chi connectivity index (χ0v) is 19.1. The number of phosphoric acid groups is 1. The molecule has 2 N–H and O–H groups in total. The smallest absolute Gasteiger partial charge is 0.459 e. The molecule has 0 aliphatic carbocycles. The van der Waals surface area contributed by atoms with Crippen LogP contribution in [0.25, 0.3) is 11.2 Å². The van der Waals surface area contributed by atoms with E-state index in [2.05, 4.69) is 20.3 Å². The molecule has 0 aromatic carbocycles. The normalized spacial score (nSPS) is 29.4. The molecule has 14 heteroatoms. The molecule has 180 valence electrons. The number of nitrogens with zero attached hydrogens (tertiary/aromatic N) is 4. The molecule has 2 aromatic rings. The van der Waals surface area contributed by atoms with E-state index in [4.69, 9.17) is 18.5 Å². The molecule has 2 aliphatic heterocycles. The topological polar surface area (TPSA) is 164 Å². The van der Waals surface area contributed by atoms with Crippen molar-refractivity contribution in [1.29, 1.82) is 0 Å². The maximum atomic E-state index is 12.2. The zero-order chi connectivity index (χ0) is 23.6. The number of carbonyl (C=O) groups is 2. The van der Waals surface area contributed by atoms with E-state index in [1.165, 1.54) is 12.7 Å². The van der Waals surface area contributed by atoms with Gasteiger partial charge in [-0.3, -0.25) is 23.2 Å². The minimum atomic E-state index is -4.27. The Morgan fingerprint density at radius 2 is 2.06 bits per heavy atom. The van der Waals surface area contributed by atoms with E-state index in [1.54, 1.807) is 4.57 Å². The van der Waals surface area contributed by atoms with Gasteiger partial charge in [-0.15, -0.1) is 0 Å². The zero-order valence-electron chi connectivity index (χ0n) is 18.2. The number of esters is 1. The van der Waals surface area contributed by atoms with E-state index in [-0.39, 0.29) is 31.2 Å². The number of rotatable bonds is 7. The Hall–Kier alpha value is -2.44. The summed E-state index contributed by atoms with van der Waals surface area (Å²) in [6.07, 6.45) is 1.51. The Bertz CT molecular complexity index is 1080. The molecule has 0 bridgehead atoms. The SMILES string of the molecule is CCCC(=O)Nc1ncnc2c1ncn2C1CC(OC(=O)CCC)C2OP(=O)(O)OCC2O1. The number of anilines is 1. The van der Waals surface area contributed by atoms with E-state index >= 15 is 0 Å². The lowest BCUT2D eigenvalue weighted by Gasteiger charge is -2.43. The number of hydrogen-bond acceptors (Lipinski definition) is 10. The number of ether oxygens (including phenoxy) is 2. The summed E-state index contributed by atoms with van der Waals surface area (Å²) in [5.74, 6) is -0.345. The average molecular weight is 483 g/mol. The lowest BCUT2D eigenvalue weighted by Crippen LogP contribution is -2.53. The second-order valence-electron chi connectivity index (χ2n) is 7.82. The van der Waals surface area contributed by atoms with Crippen molar-refractivity contribution >= 4 is 36.7 Å². The number of phosphoric ester groups is 1. The van der Waals surface area contributed by atoms with Gasteiger partial charge < -0.3 is 19.7 Å². The van der Waals surface area contributed by atoms with Crippen LogP contribution in [0.2, 0.25) is 0 Å². The number of nitrogens with one attached hydrogen (secondary N) is 1. The summed E-state index contributed by atoms with van der Waals surface area (Å²) in [6.45, 7) is 3.53. The molecule has 0 saturated carbocycles. The largest absolute Gasteiger partial charge is 0.472 e. The number of carbonyl (C=O) groups excluding carboxylic acids is 2. The fourth-order valence-electron chi connectivity index (χ4n) is 3.83. The molecule has 5 atom stereocenters. The first kappa shape index (κ1) is 23.7. The van der Waals surface area contributed by atoms with Crippen molar-refractivity contribution in [3.8, 4) is 0 Å². The van der Waals surface area contributed by atoms with Gasteiger partial charge in [0.15, 0.2) is 17.0 Å². The molecule has 2 aromatic heterocycles. The Morgan fingerprint density at radius 1 is 1.27 bits per heavy atom. The van der Waals surface area contributed by atoms with Crippen molar-refractivity contribution in [1.82, 2.24) is 19.5 Å². The molecule has 33 heavy (non-hydrogen) atoms. The van der Waals surface area contributed by atoms with Crippen LogP contribution in [-0.2, 0) is 32.7 Å². The first-order chi connectivity index (χ1) is 15.8. The summed E-state index contributed by atoms with van der Waals surface area (Å²) in [5.41, 5.74) is 0.785. The Balaban J connectivity index is 1.61. The Labute approximate surface area is 189 Å². The van der Waals surface area contributed by atoms with Crippen molar-refractivity contribution in [3.05, 3.63) is 12.7 Å². The second-order valence-corrected chi connectivity index (χ2v) is 9.23. The first-order valence-electron chi connectivity index (χ1n) is 10.8. The van der Waals surface area contributed by atoms with E-state index in [0.717, 1.165) is 0 Å². The van der Waals surface area contributed by atoms with Gasteiger partial charge in [0, 0.05) is 19.3 Å². The highest BCUT2D eigenvalue weighted by Crippen LogP contribution is 2.52. The van der Waals surface area contributed by atoms with Gasteiger partial charge in [-0.05, 0) is 12.8 Å². The Morgan fingerprint density at radius 3 is 2.82 bits per heavy atom. The molecule has 13 nitrogen and oxygen atoms in total. The van der Waals surface area contributed by atoms with Gasteiger partial charge in [0.1, 0.15) is 30.9 Å². The van der Waals surface area contributed by atoms with Gasteiger partial charge >= 0.3 is 13.8 Å². The standard InChI is InChI=1S/C19H26N5O8P/c1-3-5-13(25)23-18-16-19(21-9-20-18)24(10-22-16)14-7-11(31-15(26)6-4-2)17-12(30-14)8-29-33(27,28)32-17/h9-12,14,17H,3-8H2,1-2H3,(H,27,28)(H,20,21,23,25). The van der Waals surface area contributed by atoms with Gasteiger partial charge in [-0.25, -0.2) is 19.5 Å². The van der Waals surface area contributed by atoms with Gasteiger partial charge in [0.25, 0.3) is 0 Å². The van der Waals surface area contributed by atoms with Crippen molar-refractivity contribution < 1.29 is 37.6 Å². The van der Waals surface area contributed by atoms with Crippen LogP contribution in [-0.4, -0.2) is 61.2 Å². The van der Waals surface area contributed by atoms with Crippen LogP contribution in [0.3, 0.4) is 0 Å². The number of fused-ring (bicyclic) bond motifs is 2. The predicted molar refractivity (Wildman–Crippen MR) is 113 cm³/mol. The van der Waals surface area contributed by atoms with Gasteiger partial charge in [0.2, 0.25) is 5.91 Å². The molecule has 5 unspecified atom stereocenters. The first-order valence-corrected chi connectivity index (χ1v) is 12.3. The van der Waals surface area contributed by atoms with E-state index in [1.807, 2.05) is 13.8 Å². The summed E-state index contributed by atoms with van der Waals surface area (Å²) in [4.78, 5) is 46.7. The third kappa shape index (κ3) is 5.22. The summed E-state index contributed by atoms with van der Waals surface area (Å²) in [5, 5.41) is 2.73. The minimum absolute atomic E-state index is 0.129. The van der Waals surface area contributed by atoms with Crippen LogP contribution < -0.4 is 5.32 Å². The van der Waals surface area contributed by atoms with Gasteiger partial charge in [0.05, 0.1) is 12.9 Å². The summed E-state index contributed by atoms with van der Waals surface area (Å²) < 4.78 is 35.3. The predicted octanol–water partition coefficient (Wildman–Crippen LogP) is 2.08. The third-order valence-corrected chi connectivity index (χ3v) is 6.28. The lowest BCUT2D eigenvalue weighted by molar-refractivity contribution is -0.221. The molecule has 4 heterocycles. The number of imidazole rings is 1. The average Bonchev–Trinajstić information content (AvgIpc) is 3.19. The monoisotopic (exact) mass is 483 g/mol. The maximum Gasteiger partial charge on any atom is 0.472 e. The van der Waals surface area contributed by atoms with Gasteiger partial charge in [-0.2, -0.15) is 0 Å². The molecular weight excluding hydrogens is 457 g/mol.